The van der Waals surface area contributed by atoms with Gasteiger partial charge in [-0.05, 0) is 77.0 Å². The van der Waals surface area contributed by atoms with Gasteiger partial charge in [-0.2, -0.15) is 0 Å². The van der Waals surface area contributed by atoms with Gasteiger partial charge in [0.15, 0.2) is 6.29 Å². The Balaban J connectivity index is 2.11. The number of ether oxygens (including phenoxy) is 2. The summed E-state index contributed by atoms with van der Waals surface area (Å²) >= 11 is 0. The highest BCUT2D eigenvalue weighted by Crippen LogP contribution is 2.23. The molecule has 1 amide bonds. The summed E-state index contributed by atoms with van der Waals surface area (Å²) in [7, 11) is 0. The summed E-state index contributed by atoms with van der Waals surface area (Å²) < 4.78 is 11.2. The number of unbranched alkanes of at least 4 members (excludes halogenated alkanes) is 16. The lowest BCUT2D eigenvalue weighted by Gasteiger charge is -2.40. The van der Waals surface area contributed by atoms with Crippen LogP contribution < -0.4 is 5.32 Å². The average molecular weight is 910 g/mol. The van der Waals surface area contributed by atoms with Crippen LogP contribution in [0.1, 0.15) is 194 Å². The summed E-state index contributed by atoms with van der Waals surface area (Å²) in [6.45, 7) is 3.65. The molecule has 0 aliphatic carbocycles. The highest BCUT2D eigenvalue weighted by Gasteiger charge is 2.44. The van der Waals surface area contributed by atoms with Crippen LogP contribution in [0.25, 0.3) is 0 Å². The van der Waals surface area contributed by atoms with Gasteiger partial charge in [0.1, 0.15) is 24.4 Å². The van der Waals surface area contributed by atoms with E-state index in [0.717, 1.165) is 96.3 Å². The molecule has 1 saturated heterocycles. The molecule has 1 aliphatic rings. The Morgan fingerprint density at radius 2 is 0.954 bits per heavy atom. The molecule has 65 heavy (non-hydrogen) atoms. The van der Waals surface area contributed by atoms with Gasteiger partial charge in [-0.25, -0.2) is 0 Å². The molecule has 0 spiro atoms. The van der Waals surface area contributed by atoms with Crippen molar-refractivity contribution < 1.29 is 39.8 Å². The number of aliphatic hydroxyl groups is 5. The molecule has 0 aromatic rings. The SMILES string of the molecule is CC/C=C\C/C=C\C/C=C\C/C=C\C/C=C\C/C=C\C/C=C\C/C=C\CCCCCCCCCCCCC(=O)NC(COC1OC(CO)C(O)C(O)C1O)C(O)CCCCCCCCC. The van der Waals surface area contributed by atoms with Crippen LogP contribution in [0.2, 0.25) is 0 Å². The van der Waals surface area contributed by atoms with E-state index < -0.39 is 49.5 Å². The van der Waals surface area contributed by atoms with Crippen molar-refractivity contribution in [3.05, 3.63) is 97.2 Å². The fraction of sp³-hybridized carbons (Fsp3) is 0.696. The van der Waals surface area contributed by atoms with Crippen LogP contribution >= 0.6 is 0 Å². The molecule has 0 radical (unpaired) electrons. The van der Waals surface area contributed by atoms with Crippen molar-refractivity contribution in [2.45, 2.75) is 236 Å². The van der Waals surface area contributed by atoms with Gasteiger partial charge in [0.2, 0.25) is 5.91 Å². The maximum absolute atomic E-state index is 12.9. The number of allylic oxidation sites excluding steroid dienone is 16. The Morgan fingerprint density at radius 1 is 0.538 bits per heavy atom. The number of hydrogen-bond donors (Lipinski definition) is 6. The highest BCUT2D eigenvalue weighted by atomic mass is 16.7. The normalized spacial score (nSPS) is 20.8. The van der Waals surface area contributed by atoms with E-state index in [9.17, 15) is 30.3 Å². The first-order valence-corrected chi connectivity index (χ1v) is 25.9. The summed E-state index contributed by atoms with van der Waals surface area (Å²) in [6, 6.07) is -0.724. The maximum atomic E-state index is 12.9. The monoisotopic (exact) mass is 910 g/mol. The fourth-order valence-corrected chi connectivity index (χ4v) is 7.59. The summed E-state index contributed by atoms with van der Waals surface area (Å²) in [4.78, 5) is 12.9. The zero-order chi connectivity index (χ0) is 47.3. The van der Waals surface area contributed by atoms with E-state index in [-0.39, 0.29) is 12.5 Å². The van der Waals surface area contributed by atoms with E-state index in [4.69, 9.17) is 9.47 Å². The third kappa shape index (κ3) is 35.0. The minimum absolute atomic E-state index is 0.146. The summed E-state index contributed by atoms with van der Waals surface area (Å²) in [6.07, 6.45) is 57.5. The van der Waals surface area contributed by atoms with Crippen LogP contribution in [-0.2, 0) is 14.3 Å². The minimum atomic E-state index is -1.56. The second kappa shape index (κ2) is 44.9. The molecule has 7 unspecified atom stereocenters. The van der Waals surface area contributed by atoms with Gasteiger partial charge in [0.05, 0.1) is 25.4 Å². The highest BCUT2D eigenvalue weighted by molar-refractivity contribution is 5.76. The van der Waals surface area contributed by atoms with Gasteiger partial charge in [0.25, 0.3) is 0 Å². The molecule has 6 N–H and O–H groups in total. The van der Waals surface area contributed by atoms with Gasteiger partial charge in [-0.3, -0.25) is 4.79 Å². The lowest BCUT2D eigenvalue weighted by atomic mass is 9.99. The molecule has 1 rings (SSSR count). The van der Waals surface area contributed by atoms with E-state index in [1.54, 1.807) is 0 Å². The Labute approximate surface area is 396 Å². The molecule has 372 valence electrons. The predicted molar refractivity (Wildman–Crippen MR) is 271 cm³/mol. The van der Waals surface area contributed by atoms with Crippen LogP contribution in [0, 0.1) is 0 Å². The number of nitrogens with one attached hydrogen (secondary N) is 1. The molecule has 9 heteroatoms. The fourth-order valence-electron chi connectivity index (χ4n) is 7.59. The number of aliphatic hydroxyl groups excluding tert-OH is 5. The smallest absolute Gasteiger partial charge is 0.220 e. The van der Waals surface area contributed by atoms with Crippen LogP contribution in [-0.4, -0.2) is 87.5 Å². The van der Waals surface area contributed by atoms with Crippen LogP contribution in [0.5, 0.6) is 0 Å². The quantitative estimate of drug-likeness (QED) is 0.0262. The van der Waals surface area contributed by atoms with Crippen molar-refractivity contribution >= 4 is 5.91 Å². The van der Waals surface area contributed by atoms with Gasteiger partial charge in [0, 0.05) is 6.42 Å². The van der Waals surface area contributed by atoms with Crippen molar-refractivity contribution in [2.24, 2.45) is 0 Å². The second-order valence-corrected chi connectivity index (χ2v) is 17.6. The van der Waals surface area contributed by atoms with E-state index in [1.807, 2.05) is 0 Å². The van der Waals surface area contributed by atoms with Crippen molar-refractivity contribution in [1.29, 1.82) is 0 Å². The molecule has 0 bridgehead atoms. The van der Waals surface area contributed by atoms with Crippen molar-refractivity contribution in [1.82, 2.24) is 5.32 Å². The molecule has 7 atom stereocenters. The minimum Gasteiger partial charge on any atom is -0.394 e. The van der Waals surface area contributed by atoms with Gasteiger partial charge < -0.3 is 40.3 Å². The molecule has 0 saturated carbocycles. The molecule has 1 aliphatic heterocycles. The molecular weight excluding hydrogens is 815 g/mol. The Morgan fingerprint density at radius 3 is 1.42 bits per heavy atom. The Bertz CT molecular complexity index is 1330. The molecule has 0 aromatic carbocycles. The van der Waals surface area contributed by atoms with E-state index >= 15 is 0 Å². The molecular formula is C56H95NO8. The number of hydrogen-bond acceptors (Lipinski definition) is 8. The second-order valence-electron chi connectivity index (χ2n) is 17.6. The lowest BCUT2D eigenvalue weighted by Crippen LogP contribution is -2.60. The van der Waals surface area contributed by atoms with Gasteiger partial charge in [-0.15, -0.1) is 0 Å². The Hall–Kier alpha value is -2.89. The third-order valence-electron chi connectivity index (χ3n) is 11.7. The molecule has 0 aromatic heterocycles. The van der Waals surface area contributed by atoms with E-state index in [2.05, 4.69) is 116 Å². The summed E-state index contributed by atoms with van der Waals surface area (Å²) in [5.74, 6) is -0.158. The van der Waals surface area contributed by atoms with E-state index in [1.165, 1.54) is 70.6 Å². The van der Waals surface area contributed by atoms with Crippen molar-refractivity contribution in [3.8, 4) is 0 Å². The van der Waals surface area contributed by atoms with Crippen molar-refractivity contribution in [2.75, 3.05) is 13.2 Å². The zero-order valence-corrected chi connectivity index (χ0v) is 41.0. The number of carbonyl (C=O) groups excluding carboxylic acids is 1. The number of carbonyl (C=O) groups is 1. The third-order valence-corrected chi connectivity index (χ3v) is 11.7. The summed E-state index contributed by atoms with van der Waals surface area (Å²) in [5.41, 5.74) is 0. The molecule has 9 nitrogen and oxygen atoms in total. The maximum Gasteiger partial charge on any atom is 0.220 e. The largest absolute Gasteiger partial charge is 0.394 e. The standard InChI is InChI=1S/C56H95NO8/c1-3-5-7-9-11-12-13-14-15-16-17-18-19-20-21-22-23-24-25-26-27-28-29-30-31-32-33-34-35-36-37-38-40-42-44-46-52(60)57-49(50(59)45-43-41-39-10-8-6-4-2)48-64-56-55(63)54(62)53(61)51(47-58)65-56/h5,7,11-12,14-15,17-18,20-21,23-24,26-27,29-30,49-51,53-56,58-59,61-63H,3-4,6,8-10,13,16,19,22,25,28,31-48H2,1-2H3,(H,57,60)/b7-5-,12-11-,15-14-,18-17-,21-20-,24-23-,27-26-,30-29-. The topological polar surface area (TPSA) is 149 Å². The summed E-state index contributed by atoms with van der Waals surface area (Å²) in [5, 5.41) is 54.1. The van der Waals surface area contributed by atoms with E-state index in [0.29, 0.717) is 12.8 Å². The predicted octanol–water partition coefficient (Wildman–Crippen LogP) is 12.1. The van der Waals surface area contributed by atoms with Gasteiger partial charge >= 0.3 is 0 Å². The first-order valence-electron chi connectivity index (χ1n) is 25.9. The first kappa shape index (κ1) is 60.1. The zero-order valence-electron chi connectivity index (χ0n) is 41.0. The average Bonchev–Trinajstić information content (AvgIpc) is 3.31. The number of amides is 1. The van der Waals surface area contributed by atoms with Crippen LogP contribution in [0.3, 0.4) is 0 Å². The van der Waals surface area contributed by atoms with Crippen LogP contribution in [0.4, 0.5) is 0 Å². The van der Waals surface area contributed by atoms with Gasteiger partial charge in [-0.1, -0.05) is 207 Å². The first-order chi connectivity index (χ1) is 31.8. The molecule has 1 heterocycles. The van der Waals surface area contributed by atoms with Crippen LogP contribution in [0.15, 0.2) is 97.2 Å². The molecule has 1 fully saturated rings. The lowest BCUT2D eigenvalue weighted by molar-refractivity contribution is -0.302. The Kier molecular flexibility index (Phi) is 41.6. The van der Waals surface area contributed by atoms with Crippen molar-refractivity contribution in [3.63, 3.8) is 0 Å². The number of rotatable bonds is 42.